The molecule has 0 saturated carbocycles. The van der Waals surface area contributed by atoms with Crippen LogP contribution in [-0.4, -0.2) is 13.1 Å². The minimum Gasteiger partial charge on any atom is -0.468 e. The summed E-state index contributed by atoms with van der Waals surface area (Å²) in [5.74, 6) is -0.258. The van der Waals surface area contributed by atoms with Crippen LogP contribution in [0, 0.1) is 0 Å². The number of methoxy groups -OCH3 is 1. The Kier molecular flexibility index (Phi) is 5.52. The average Bonchev–Trinajstić information content (AvgIpc) is 2.56. The fraction of sp³-hybridized carbons (Fsp3) is 0.278. The second kappa shape index (κ2) is 7.60. The molecule has 0 bridgehead atoms. The van der Waals surface area contributed by atoms with Gasteiger partial charge in [0.15, 0.2) is 0 Å². The lowest BCUT2D eigenvalue weighted by molar-refractivity contribution is -0.143. The van der Waals surface area contributed by atoms with Crippen molar-refractivity contribution in [2.24, 2.45) is 0 Å². The summed E-state index contributed by atoms with van der Waals surface area (Å²) in [5, 5.41) is 3.30. The Morgan fingerprint density at radius 1 is 1.10 bits per heavy atom. The number of esters is 1. The summed E-state index contributed by atoms with van der Waals surface area (Å²) >= 11 is 0. The Morgan fingerprint density at radius 3 is 2.43 bits per heavy atom. The van der Waals surface area contributed by atoms with Gasteiger partial charge in [-0.2, -0.15) is 0 Å². The number of hydrogen-bond donors (Lipinski definition) is 1. The molecule has 0 aliphatic heterocycles. The molecule has 2 rings (SSSR count). The largest absolute Gasteiger partial charge is 0.468 e. The predicted octanol–water partition coefficient (Wildman–Crippen LogP) is 3.25. The van der Waals surface area contributed by atoms with Gasteiger partial charge in [-0.05, 0) is 23.1 Å². The van der Waals surface area contributed by atoms with Crippen molar-refractivity contribution >= 4 is 5.97 Å². The molecule has 0 fully saturated rings. The van der Waals surface area contributed by atoms with Crippen molar-refractivity contribution in [3.63, 3.8) is 0 Å². The molecular formula is C18H21NO2. The van der Waals surface area contributed by atoms with E-state index in [4.69, 9.17) is 4.74 Å². The molecule has 0 aliphatic rings. The van der Waals surface area contributed by atoms with Crippen molar-refractivity contribution in [2.75, 3.05) is 7.11 Å². The van der Waals surface area contributed by atoms with Crippen molar-refractivity contribution in [3.8, 4) is 0 Å². The monoisotopic (exact) mass is 283 g/mol. The van der Waals surface area contributed by atoms with Gasteiger partial charge < -0.3 is 4.74 Å². The van der Waals surface area contributed by atoms with Gasteiger partial charge in [0.25, 0.3) is 0 Å². The number of hydrogen-bond acceptors (Lipinski definition) is 3. The highest BCUT2D eigenvalue weighted by Crippen LogP contribution is 2.20. The van der Waals surface area contributed by atoms with E-state index in [2.05, 4.69) is 18.3 Å². The molecule has 0 aromatic heterocycles. The van der Waals surface area contributed by atoms with E-state index in [-0.39, 0.29) is 5.97 Å². The lowest BCUT2D eigenvalue weighted by Gasteiger charge is -2.19. The molecule has 2 aromatic rings. The van der Waals surface area contributed by atoms with Crippen molar-refractivity contribution in [3.05, 3.63) is 71.3 Å². The van der Waals surface area contributed by atoms with Crippen LogP contribution in [0.3, 0.4) is 0 Å². The standard InChI is InChI=1S/C18H21NO2/c1-3-15-11-7-8-12-16(15)17(18(20)21-2)19-13-14-9-5-4-6-10-14/h4-12,17,19H,3,13H2,1-2H3. The SMILES string of the molecule is CCc1ccccc1C(NCc1ccccc1)C(=O)OC. The smallest absolute Gasteiger partial charge is 0.327 e. The zero-order chi connectivity index (χ0) is 15.1. The average molecular weight is 283 g/mol. The summed E-state index contributed by atoms with van der Waals surface area (Å²) in [6, 6.07) is 17.6. The van der Waals surface area contributed by atoms with Crippen molar-refractivity contribution in [1.29, 1.82) is 0 Å². The van der Waals surface area contributed by atoms with Gasteiger partial charge in [0.05, 0.1) is 7.11 Å². The van der Waals surface area contributed by atoms with Crippen molar-refractivity contribution < 1.29 is 9.53 Å². The summed E-state index contributed by atoms with van der Waals surface area (Å²) in [4.78, 5) is 12.1. The number of aryl methyl sites for hydroxylation is 1. The maximum atomic E-state index is 12.1. The van der Waals surface area contributed by atoms with E-state index < -0.39 is 6.04 Å². The van der Waals surface area contributed by atoms with Gasteiger partial charge in [0.2, 0.25) is 0 Å². The molecule has 0 aliphatic carbocycles. The first-order valence-corrected chi connectivity index (χ1v) is 7.19. The molecule has 110 valence electrons. The summed E-state index contributed by atoms with van der Waals surface area (Å²) < 4.78 is 4.95. The summed E-state index contributed by atoms with van der Waals surface area (Å²) in [5.41, 5.74) is 3.29. The number of benzene rings is 2. The number of rotatable bonds is 6. The zero-order valence-corrected chi connectivity index (χ0v) is 12.5. The summed E-state index contributed by atoms with van der Waals surface area (Å²) in [7, 11) is 1.42. The normalized spacial score (nSPS) is 11.9. The van der Waals surface area contributed by atoms with Gasteiger partial charge in [-0.1, -0.05) is 61.5 Å². The fourth-order valence-electron chi connectivity index (χ4n) is 2.39. The Labute approximate surface area is 126 Å². The van der Waals surface area contributed by atoms with Crippen LogP contribution < -0.4 is 5.32 Å². The minimum atomic E-state index is -0.439. The maximum absolute atomic E-state index is 12.1. The first-order valence-electron chi connectivity index (χ1n) is 7.19. The van der Waals surface area contributed by atoms with Crippen LogP contribution in [0.1, 0.15) is 29.7 Å². The van der Waals surface area contributed by atoms with E-state index in [0.29, 0.717) is 6.54 Å². The van der Waals surface area contributed by atoms with Crippen LogP contribution in [0.25, 0.3) is 0 Å². The maximum Gasteiger partial charge on any atom is 0.327 e. The molecule has 0 amide bonds. The third-order valence-corrected chi connectivity index (χ3v) is 3.54. The topological polar surface area (TPSA) is 38.3 Å². The predicted molar refractivity (Wildman–Crippen MR) is 83.9 cm³/mol. The van der Waals surface area contributed by atoms with Crippen LogP contribution in [0.5, 0.6) is 0 Å². The van der Waals surface area contributed by atoms with Gasteiger partial charge in [-0.25, -0.2) is 4.79 Å². The Hall–Kier alpha value is -2.13. The van der Waals surface area contributed by atoms with Crippen LogP contribution in [-0.2, 0) is 22.5 Å². The molecular weight excluding hydrogens is 262 g/mol. The number of ether oxygens (including phenoxy) is 1. The zero-order valence-electron chi connectivity index (χ0n) is 12.5. The molecule has 0 spiro atoms. The van der Waals surface area contributed by atoms with Crippen molar-refractivity contribution in [2.45, 2.75) is 25.9 Å². The first-order chi connectivity index (χ1) is 10.3. The third kappa shape index (κ3) is 3.92. The van der Waals surface area contributed by atoms with E-state index in [9.17, 15) is 4.79 Å². The molecule has 3 heteroatoms. The quantitative estimate of drug-likeness (QED) is 0.827. The second-order valence-corrected chi connectivity index (χ2v) is 4.88. The molecule has 0 radical (unpaired) electrons. The van der Waals surface area contributed by atoms with Crippen LogP contribution in [0.4, 0.5) is 0 Å². The molecule has 2 aromatic carbocycles. The van der Waals surface area contributed by atoms with E-state index >= 15 is 0 Å². The van der Waals surface area contributed by atoms with E-state index in [0.717, 1.165) is 23.1 Å². The van der Waals surface area contributed by atoms with Gasteiger partial charge in [-0.3, -0.25) is 5.32 Å². The van der Waals surface area contributed by atoms with Gasteiger partial charge in [0.1, 0.15) is 6.04 Å². The van der Waals surface area contributed by atoms with E-state index in [1.54, 1.807) is 0 Å². The number of nitrogens with one attached hydrogen (secondary N) is 1. The van der Waals surface area contributed by atoms with Crippen LogP contribution in [0.2, 0.25) is 0 Å². The molecule has 1 unspecified atom stereocenters. The Morgan fingerprint density at radius 2 is 1.76 bits per heavy atom. The highest BCUT2D eigenvalue weighted by molar-refractivity contribution is 5.78. The van der Waals surface area contributed by atoms with E-state index in [1.807, 2.05) is 48.5 Å². The number of carbonyl (C=O) groups is 1. The Balaban J connectivity index is 2.20. The molecule has 21 heavy (non-hydrogen) atoms. The first kappa shape index (κ1) is 15.3. The Bertz CT molecular complexity index is 581. The van der Waals surface area contributed by atoms with Crippen LogP contribution >= 0.6 is 0 Å². The highest BCUT2D eigenvalue weighted by atomic mass is 16.5. The van der Waals surface area contributed by atoms with Gasteiger partial charge in [0, 0.05) is 6.54 Å². The molecule has 3 nitrogen and oxygen atoms in total. The molecule has 1 atom stereocenters. The summed E-state index contributed by atoms with van der Waals surface area (Å²) in [6.45, 7) is 2.71. The molecule has 0 heterocycles. The lowest BCUT2D eigenvalue weighted by atomic mass is 9.98. The summed E-state index contributed by atoms with van der Waals surface area (Å²) in [6.07, 6.45) is 0.886. The lowest BCUT2D eigenvalue weighted by Crippen LogP contribution is -2.30. The van der Waals surface area contributed by atoms with Crippen LogP contribution in [0.15, 0.2) is 54.6 Å². The molecule has 1 N–H and O–H groups in total. The highest BCUT2D eigenvalue weighted by Gasteiger charge is 2.22. The fourth-order valence-corrected chi connectivity index (χ4v) is 2.39. The van der Waals surface area contributed by atoms with Gasteiger partial charge in [-0.15, -0.1) is 0 Å². The minimum absolute atomic E-state index is 0.258. The third-order valence-electron chi connectivity index (χ3n) is 3.54. The second-order valence-electron chi connectivity index (χ2n) is 4.88. The van der Waals surface area contributed by atoms with E-state index in [1.165, 1.54) is 7.11 Å². The van der Waals surface area contributed by atoms with Gasteiger partial charge >= 0.3 is 5.97 Å². The van der Waals surface area contributed by atoms with Crippen molar-refractivity contribution in [1.82, 2.24) is 5.32 Å². The molecule has 0 saturated heterocycles. The number of carbonyl (C=O) groups excluding carboxylic acids is 1.